The van der Waals surface area contributed by atoms with E-state index in [1.165, 1.54) is 12.1 Å². The summed E-state index contributed by atoms with van der Waals surface area (Å²) >= 11 is 6.29. The Morgan fingerprint density at radius 3 is 2.37 bits per heavy atom. The minimum atomic E-state index is -0.803. The van der Waals surface area contributed by atoms with Crippen molar-refractivity contribution in [3.63, 3.8) is 0 Å². The first-order valence-electron chi connectivity index (χ1n) is 6.30. The van der Waals surface area contributed by atoms with Crippen molar-refractivity contribution in [3.8, 4) is 0 Å². The monoisotopic (exact) mass is 280 g/mol. The smallest absolute Gasteiger partial charge is 0.159 e. The molecule has 2 aromatic rings. The van der Waals surface area contributed by atoms with Crippen LogP contribution in [0.5, 0.6) is 0 Å². The van der Waals surface area contributed by atoms with E-state index in [1.807, 2.05) is 30.3 Å². The van der Waals surface area contributed by atoms with Gasteiger partial charge in [0.15, 0.2) is 11.6 Å². The van der Waals surface area contributed by atoms with Crippen molar-refractivity contribution in [2.24, 2.45) is 0 Å². The van der Waals surface area contributed by atoms with Crippen LogP contribution in [0, 0.1) is 11.6 Å². The summed E-state index contributed by atoms with van der Waals surface area (Å²) in [5, 5.41) is -0.0357. The minimum Gasteiger partial charge on any atom is -0.204 e. The van der Waals surface area contributed by atoms with E-state index >= 15 is 0 Å². The number of benzene rings is 2. The summed E-state index contributed by atoms with van der Waals surface area (Å²) in [5.41, 5.74) is 1.89. The second kappa shape index (κ2) is 6.67. The number of halogens is 3. The average Bonchev–Trinajstić information content (AvgIpc) is 2.43. The standard InChI is InChI=1S/C16H15ClF2/c17-14(13-6-2-1-3-7-13)8-4-5-12-9-10-15(18)16(19)11-12/h1-3,6-7,9-11,14H,4-5,8H2. The molecule has 1 atom stereocenters. The van der Waals surface area contributed by atoms with Crippen LogP contribution in [0.4, 0.5) is 8.78 Å². The molecule has 0 amide bonds. The molecular formula is C16H15ClF2. The number of hydrogen-bond donors (Lipinski definition) is 0. The zero-order valence-corrected chi connectivity index (χ0v) is 11.2. The van der Waals surface area contributed by atoms with E-state index in [-0.39, 0.29) is 5.38 Å². The number of aryl methyl sites for hydroxylation is 1. The van der Waals surface area contributed by atoms with Crippen molar-refractivity contribution in [1.29, 1.82) is 0 Å². The van der Waals surface area contributed by atoms with Gasteiger partial charge in [0.25, 0.3) is 0 Å². The molecule has 0 spiro atoms. The van der Waals surface area contributed by atoms with Crippen LogP contribution < -0.4 is 0 Å². The predicted octanol–water partition coefficient (Wildman–Crippen LogP) is 5.27. The average molecular weight is 281 g/mol. The van der Waals surface area contributed by atoms with Gasteiger partial charge in [0.2, 0.25) is 0 Å². The summed E-state index contributed by atoms with van der Waals surface area (Å²) in [6.07, 6.45) is 2.35. The van der Waals surface area contributed by atoms with Crippen molar-refractivity contribution in [3.05, 3.63) is 71.3 Å². The molecule has 0 saturated heterocycles. The second-order valence-corrected chi connectivity index (χ2v) is 5.05. The first-order chi connectivity index (χ1) is 9.16. The molecule has 0 radical (unpaired) electrons. The first-order valence-corrected chi connectivity index (χ1v) is 6.73. The summed E-state index contributed by atoms with van der Waals surface area (Å²) in [6.45, 7) is 0. The SMILES string of the molecule is Fc1ccc(CCCC(Cl)c2ccccc2)cc1F. The van der Waals surface area contributed by atoms with Crippen LogP contribution in [0.2, 0.25) is 0 Å². The van der Waals surface area contributed by atoms with Crippen molar-refractivity contribution < 1.29 is 8.78 Å². The Labute approximate surface area is 117 Å². The first kappa shape index (κ1) is 14.0. The summed E-state index contributed by atoms with van der Waals surface area (Å²) in [6, 6.07) is 13.9. The lowest BCUT2D eigenvalue weighted by atomic mass is 10.0. The van der Waals surface area contributed by atoms with Gasteiger partial charge in [0.1, 0.15) is 0 Å². The Kier molecular flexibility index (Phi) is 4.92. The second-order valence-electron chi connectivity index (χ2n) is 4.52. The van der Waals surface area contributed by atoms with E-state index in [2.05, 4.69) is 0 Å². The van der Waals surface area contributed by atoms with Gasteiger partial charge in [-0.2, -0.15) is 0 Å². The summed E-state index contributed by atoms with van der Waals surface area (Å²) < 4.78 is 25.8. The van der Waals surface area contributed by atoms with Gasteiger partial charge in [0, 0.05) is 0 Å². The maximum absolute atomic E-state index is 13.0. The molecule has 0 N–H and O–H groups in total. The van der Waals surface area contributed by atoms with E-state index in [0.717, 1.165) is 24.0 Å². The summed E-state index contributed by atoms with van der Waals surface area (Å²) in [5.74, 6) is -1.59. The normalized spacial score (nSPS) is 12.4. The van der Waals surface area contributed by atoms with Gasteiger partial charge in [0.05, 0.1) is 5.38 Å². The van der Waals surface area contributed by atoms with Crippen molar-refractivity contribution in [2.45, 2.75) is 24.6 Å². The lowest BCUT2D eigenvalue weighted by Gasteiger charge is -2.09. The lowest BCUT2D eigenvalue weighted by molar-refractivity contribution is 0.506. The molecule has 0 heterocycles. The molecule has 2 rings (SSSR count). The molecule has 0 aliphatic heterocycles. The van der Waals surface area contributed by atoms with E-state index in [1.54, 1.807) is 6.07 Å². The van der Waals surface area contributed by atoms with E-state index in [4.69, 9.17) is 11.6 Å². The Hall–Kier alpha value is -1.41. The van der Waals surface area contributed by atoms with Gasteiger partial charge >= 0.3 is 0 Å². The van der Waals surface area contributed by atoms with Crippen molar-refractivity contribution >= 4 is 11.6 Å². The predicted molar refractivity (Wildman–Crippen MR) is 74.3 cm³/mol. The van der Waals surface area contributed by atoms with Gasteiger partial charge in [-0.05, 0) is 42.5 Å². The minimum absolute atomic E-state index is 0.0357. The van der Waals surface area contributed by atoms with Crippen LogP contribution in [0.25, 0.3) is 0 Å². The Morgan fingerprint density at radius 2 is 1.68 bits per heavy atom. The number of alkyl halides is 1. The van der Waals surface area contributed by atoms with Crippen molar-refractivity contribution in [1.82, 2.24) is 0 Å². The molecule has 0 bridgehead atoms. The maximum atomic E-state index is 13.0. The molecule has 1 unspecified atom stereocenters. The maximum Gasteiger partial charge on any atom is 0.159 e. The fraction of sp³-hybridized carbons (Fsp3) is 0.250. The van der Waals surface area contributed by atoms with Crippen LogP contribution in [-0.4, -0.2) is 0 Å². The highest BCUT2D eigenvalue weighted by atomic mass is 35.5. The van der Waals surface area contributed by atoms with Crippen LogP contribution in [-0.2, 0) is 6.42 Å². The molecule has 0 aromatic heterocycles. The van der Waals surface area contributed by atoms with Crippen LogP contribution in [0.3, 0.4) is 0 Å². The highest BCUT2D eigenvalue weighted by Crippen LogP contribution is 2.26. The highest BCUT2D eigenvalue weighted by molar-refractivity contribution is 6.20. The molecule has 100 valence electrons. The molecule has 2 aromatic carbocycles. The number of hydrogen-bond acceptors (Lipinski definition) is 0. The van der Waals surface area contributed by atoms with Crippen LogP contribution >= 0.6 is 11.6 Å². The quantitative estimate of drug-likeness (QED) is 0.655. The summed E-state index contributed by atoms with van der Waals surface area (Å²) in [7, 11) is 0. The molecule has 0 aliphatic rings. The fourth-order valence-electron chi connectivity index (χ4n) is 2.01. The highest BCUT2D eigenvalue weighted by Gasteiger charge is 2.08. The lowest BCUT2D eigenvalue weighted by Crippen LogP contribution is -1.94. The third-order valence-electron chi connectivity index (χ3n) is 3.07. The molecule has 19 heavy (non-hydrogen) atoms. The Bertz CT molecular complexity index is 526. The van der Waals surface area contributed by atoms with Gasteiger partial charge in [-0.3, -0.25) is 0 Å². The third-order valence-corrected chi connectivity index (χ3v) is 3.54. The zero-order chi connectivity index (χ0) is 13.7. The van der Waals surface area contributed by atoms with Crippen molar-refractivity contribution in [2.75, 3.05) is 0 Å². The van der Waals surface area contributed by atoms with Gasteiger partial charge in [-0.1, -0.05) is 36.4 Å². The van der Waals surface area contributed by atoms with Gasteiger partial charge in [-0.25, -0.2) is 8.78 Å². The van der Waals surface area contributed by atoms with E-state index in [0.29, 0.717) is 6.42 Å². The third kappa shape index (κ3) is 4.03. The molecule has 0 nitrogen and oxygen atoms in total. The molecule has 0 aliphatic carbocycles. The van der Waals surface area contributed by atoms with Crippen LogP contribution in [0.15, 0.2) is 48.5 Å². The fourth-order valence-corrected chi connectivity index (χ4v) is 2.31. The molecule has 3 heteroatoms. The zero-order valence-electron chi connectivity index (χ0n) is 10.5. The summed E-state index contributed by atoms with van der Waals surface area (Å²) in [4.78, 5) is 0. The molecular weight excluding hydrogens is 266 g/mol. The number of rotatable bonds is 5. The Morgan fingerprint density at radius 1 is 0.947 bits per heavy atom. The molecule has 0 fully saturated rings. The van der Waals surface area contributed by atoms with E-state index < -0.39 is 11.6 Å². The van der Waals surface area contributed by atoms with Gasteiger partial charge in [-0.15, -0.1) is 11.6 Å². The molecule has 0 saturated carbocycles. The van der Waals surface area contributed by atoms with E-state index in [9.17, 15) is 8.78 Å². The van der Waals surface area contributed by atoms with Crippen LogP contribution in [0.1, 0.15) is 29.3 Å². The van der Waals surface area contributed by atoms with Gasteiger partial charge < -0.3 is 0 Å². The Balaban J connectivity index is 1.85. The topological polar surface area (TPSA) is 0 Å². The largest absolute Gasteiger partial charge is 0.204 e.